The molecule has 2 heteroatoms. The Kier molecular flexibility index (Phi) is 3.73. The minimum Gasteiger partial charge on any atom is -0.465 e. The molecule has 0 heterocycles. The van der Waals surface area contributed by atoms with Crippen molar-refractivity contribution in [2.45, 2.75) is 73.1 Å². The van der Waals surface area contributed by atoms with E-state index in [1.165, 1.54) is 37.7 Å². The van der Waals surface area contributed by atoms with Crippen molar-refractivity contribution in [3.8, 4) is 0 Å². The summed E-state index contributed by atoms with van der Waals surface area (Å²) in [5.41, 5.74) is 2.26. The predicted molar refractivity (Wildman–Crippen MR) is 89.4 cm³/mol. The molecule has 0 aromatic rings. The molecule has 3 aliphatic carbocycles. The number of allylic oxidation sites excluding steroid dienone is 1. The number of carbonyl (C=O) groups is 1. The van der Waals surface area contributed by atoms with Gasteiger partial charge in [0.2, 0.25) is 0 Å². The Morgan fingerprint density at radius 3 is 2.77 bits per heavy atom. The van der Waals surface area contributed by atoms with Crippen LogP contribution in [0.1, 0.15) is 73.1 Å². The van der Waals surface area contributed by atoms with Crippen LogP contribution in [0.15, 0.2) is 11.6 Å². The predicted octanol–water partition coefficient (Wildman–Crippen LogP) is 5.13. The Balaban J connectivity index is 1.88. The number of ether oxygens (including phenoxy) is 1. The van der Waals surface area contributed by atoms with Gasteiger partial charge in [-0.3, -0.25) is 4.79 Å². The zero-order valence-corrected chi connectivity index (χ0v) is 15.0. The van der Waals surface area contributed by atoms with Crippen LogP contribution in [0.2, 0.25) is 0 Å². The number of carbonyl (C=O) groups excluding carboxylic acids is 1. The lowest BCUT2D eigenvalue weighted by atomic mass is 9.55. The van der Waals surface area contributed by atoms with Gasteiger partial charge in [-0.1, -0.05) is 45.8 Å². The molecular weight excluding hydrogens is 272 g/mol. The van der Waals surface area contributed by atoms with Gasteiger partial charge >= 0.3 is 5.97 Å². The van der Waals surface area contributed by atoms with E-state index >= 15 is 0 Å². The highest BCUT2D eigenvalue weighted by Crippen LogP contribution is 2.77. The third kappa shape index (κ3) is 1.88. The molecule has 0 saturated heterocycles. The van der Waals surface area contributed by atoms with E-state index in [4.69, 9.17) is 4.74 Å². The second-order valence-corrected chi connectivity index (χ2v) is 8.85. The lowest BCUT2D eigenvalue weighted by Crippen LogP contribution is -2.47. The van der Waals surface area contributed by atoms with Crippen LogP contribution in [0.25, 0.3) is 0 Å². The lowest BCUT2D eigenvalue weighted by molar-refractivity contribution is -0.151. The van der Waals surface area contributed by atoms with E-state index < -0.39 is 0 Å². The summed E-state index contributed by atoms with van der Waals surface area (Å²) < 4.78 is 5.83. The fourth-order valence-electron chi connectivity index (χ4n) is 6.52. The summed E-state index contributed by atoms with van der Waals surface area (Å²) in [4.78, 5) is 12.1. The van der Waals surface area contributed by atoms with E-state index in [0.717, 1.165) is 5.92 Å². The van der Waals surface area contributed by atoms with Gasteiger partial charge in [0.1, 0.15) is 6.61 Å². The summed E-state index contributed by atoms with van der Waals surface area (Å²) in [6, 6.07) is 0. The molecule has 0 amide bonds. The van der Waals surface area contributed by atoms with Gasteiger partial charge in [-0.2, -0.15) is 0 Å². The number of hydrogen-bond donors (Lipinski definition) is 0. The van der Waals surface area contributed by atoms with Crippen molar-refractivity contribution in [3.05, 3.63) is 11.6 Å². The maximum atomic E-state index is 12.1. The number of rotatable bonds is 4. The molecule has 0 aliphatic heterocycles. The first-order valence-corrected chi connectivity index (χ1v) is 9.13. The Bertz CT molecular complexity index is 506. The highest BCUT2D eigenvalue weighted by molar-refractivity contribution is 5.69. The molecule has 0 radical (unpaired) electrons. The summed E-state index contributed by atoms with van der Waals surface area (Å²) in [5, 5.41) is 0. The van der Waals surface area contributed by atoms with Gasteiger partial charge in [0.25, 0.3) is 0 Å². The van der Waals surface area contributed by atoms with Crippen LogP contribution in [-0.4, -0.2) is 12.6 Å². The average molecular weight is 304 g/mol. The fraction of sp³-hybridized carbons (Fsp3) is 0.850. The fourth-order valence-corrected chi connectivity index (χ4v) is 6.52. The second kappa shape index (κ2) is 5.11. The molecule has 0 aromatic carbocycles. The van der Waals surface area contributed by atoms with Crippen molar-refractivity contribution in [1.82, 2.24) is 0 Å². The van der Waals surface area contributed by atoms with Crippen LogP contribution in [-0.2, 0) is 9.53 Å². The highest BCUT2D eigenvalue weighted by Gasteiger charge is 2.71. The van der Waals surface area contributed by atoms with Gasteiger partial charge in [-0.25, -0.2) is 0 Å². The van der Waals surface area contributed by atoms with Crippen LogP contribution >= 0.6 is 0 Å². The van der Waals surface area contributed by atoms with E-state index in [2.05, 4.69) is 40.7 Å². The highest BCUT2D eigenvalue weighted by atomic mass is 16.5. The van der Waals surface area contributed by atoms with Crippen LogP contribution in [0.3, 0.4) is 0 Å². The Hall–Kier alpha value is -0.790. The molecule has 2 nitrogen and oxygen atoms in total. The van der Waals surface area contributed by atoms with E-state index in [0.29, 0.717) is 29.8 Å². The van der Waals surface area contributed by atoms with Crippen molar-refractivity contribution < 1.29 is 9.53 Å². The van der Waals surface area contributed by atoms with Crippen LogP contribution in [0, 0.1) is 28.1 Å². The monoisotopic (exact) mass is 304 g/mol. The van der Waals surface area contributed by atoms with Gasteiger partial charge in [-0.15, -0.1) is 0 Å². The van der Waals surface area contributed by atoms with Crippen molar-refractivity contribution in [1.29, 1.82) is 0 Å². The SMILES string of the molecule is CC1=C[C@@]2(C)CCC[C@]23[C@@H](C)CC[C@]13COC(=O)CC(C)C. The number of hydrogen-bond acceptors (Lipinski definition) is 2. The molecule has 1 spiro atoms. The minimum absolute atomic E-state index is 0.0153. The van der Waals surface area contributed by atoms with Gasteiger partial charge < -0.3 is 4.74 Å². The van der Waals surface area contributed by atoms with Gasteiger partial charge in [0.05, 0.1) is 0 Å². The number of esters is 1. The lowest BCUT2D eigenvalue weighted by Gasteiger charge is -2.49. The van der Waals surface area contributed by atoms with Crippen molar-refractivity contribution in [2.75, 3.05) is 6.61 Å². The molecule has 124 valence electrons. The van der Waals surface area contributed by atoms with Crippen LogP contribution in [0.5, 0.6) is 0 Å². The zero-order chi connectivity index (χ0) is 16.2. The third-order valence-electron chi connectivity index (χ3n) is 7.33. The van der Waals surface area contributed by atoms with Crippen molar-refractivity contribution >= 4 is 5.97 Å². The molecule has 2 fully saturated rings. The van der Waals surface area contributed by atoms with Crippen LogP contribution in [0.4, 0.5) is 0 Å². The molecule has 3 rings (SSSR count). The van der Waals surface area contributed by atoms with E-state index in [1.54, 1.807) is 0 Å². The molecule has 3 aliphatic rings. The van der Waals surface area contributed by atoms with Crippen molar-refractivity contribution in [2.24, 2.45) is 28.1 Å². The molecule has 2 saturated carbocycles. The summed E-state index contributed by atoms with van der Waals surface area (Å²) in [6.45, 7) is 12.0. The standard InChI is InChI=1S/C20H32O2/c1-14(2)11-17(21)22-13-19-10-7-15(3)20(19)9-6-8-18(20,5)12-16(19)4/h12,14-15H,6-11,13H2,1-5H3/t15-,18+,19-,20-/m0/s1. The molecule has 0 bridgehead atoms. The van der Waals surface area contributed by atoms with Gasteiger partial charge in [0.15, 0.2) is 0 Å². The topological polar surface area (TPSA) is 26.3 Å². The minimum atomic E-state index is -0.0153. The Labute approximate surface area is 135 Å². The quantitative estimate of drug-likeness (QED) is 0.531. The first-order chi connectivity index (χ1) is 10.3. The maximum absolute atomic E-state index is 12.1. The summed E-state index contributed by atoms with van der Waals surface area (Å²) in [5.74, 6) is 1.09. The van der Waals surface area contributed by atoms with Crippen molar-refractivity contribution in [3.63, 3.8) is 0 Å². The van der Waals surface area contributed by atoms with Gasteiger partial charge in [0, 0.05) is 11.8 Å². The zero-order valence-electron chi connectivity index (χ0n) is 15.0. The second-order valence-electron chi connectivity index (χ2n) is 8.85. The largest absolute Gasteiger partial charge is 0.465 e. The molecular formula is C20H32O2. The molecule has 0 unspecified atom stereocenters. The third-order valence-corrected chi connectivity index (χ3v) is 7.33. The van der Waals surface area contributed by atoms with E-state index in [1.807, 2.05) is 0 Å². The first-order valence-electron chi connectivity index (χ1n) is 9.13. The van der Waals surface area contributed by atoms with Crippen LogP contribution < -0.4 is 0 Å². The normalized spacial score (nSPS) is 43.2. The Morgan fingerprint density at radius 1 is 1.36 bits per heavy atom. The Morgan fingerprint density at radius 2 is 2.09 bits per heavy atom. The smallest absolute Gasteiger partial charge is 0.306 e. The molecule has 0 N–H and O–H groups in total. The average Bonchev–Trinajstić information content (AvgIpc) is 2.95. The molecule has 22 heavy (non-hydrogen) atoms. The molecule has 4 atom stereocenters. The summed E-state index contributed by atoms with van der Waals surface area (Å²) >= 11 is 0. The molecule has 0 aromatic heterocycles. The first kappa shape index (κ1) is 16.1. The van der Waals surface area contributed by atoms with E-state index in [-0.39, 0.29) is 11.4 Å². The summed E-state index contributed by atoms with van der Waals surface area (Å²) in [6.07, 6.45) is 9.50. The summed E-state index contributed by atoms with van der Waals surface area (Å²) in [7, 11) is 0. The maximum Gasteiger partial charge on any atom is 0.306 e. The van der Waals surface area contributed by atoms with E-state index in [9.17, 15) is 4.79 Å². The van der Waals surface area contributed by atoms with Gasteiger partial charge in [-0.05, 0) is 55.3 Å².